The van der Waals surface area contributed by atoms with E-state index in [2.05, 4.69) is 5.32 Å². The molecule has 5 heteroatoms. The summed E-state index contributed by atoms with van der Waals surface area (Å²) < 4.78 is 10.7. The predicted octanol–water partition coefficient (Wildman–Crippen LogP) is 4.39. The van der Waals surface area contributed by atoms with E-state index in [1.165, 1.54) is 0 Å². The maximum absolute atomic E-state index is 12.2. The molecule has 0 atom stereocenters. The topological polar surface area (TPSA) is 47.6 Å². The monoisotopic (exact) mass is 319 g/mol. The maximum Gasteiger partial charge on any atom is 0.255 e. The van der Waals surface area contributed by atoms with E-state index in [0.717, 1.165) is 5.75 Å². The van der Waals surface area contributed by atoms with Crippen LogP contribution in [0.3, 0.4) is 0 Å². The largest absolute Gasteiger partial charge is 0.494 e. The summed E-state index contributed by atoms with van der Waals surface area (Å²) in [6, 6.07) is 12.2. The van der Waals surface area contributed by atoms with Gasteiger partial charge in [0, 0.05) is 11.3 Å². The zero-order chi connectivity index (χ0) is 15.9. The number of rotatable bonds is 6. The molecule has 0 heterocycles. The van der Waals surface area contributed by atoms with Gasteiger partial charge in [0.25, 0.3) is 5.91 Å². The summed E-state index contributed by atoms with van der Waals surface area (Å²) in [7, 11) is 0. The summed E-state index contributed by atoms with van der Waals surface area (Å²) in [5.74, 6) is 1.11. The van der Waals surface area contributed by atoms with Crippen LogP contribution >= 0.6 is 11.6 Å². The Morgan fingerprint density at radius 3 is 2.32 bits per heavy atom. The van der Waals surface area contributed by atoms with Crippen LogP contribution in [0.1, 0.15) is 24.2 Å². The van der Waals surface area contributed by atoms with Crippen molar-refractivity contribution in [1.82, 2.24) is 0 Å². The summed E-state index contributed by atoms with van der Waals surface area (Å²) in [6.07, 6.45) is 0. The number of carbonyl (C=O) groups excluding carboxylic acids is 1. The molecule has 0 fully saturated rings. The number of ether oxygens (including phenoxy) is 2. The highest BCUT2D eigenvalue weighted by atomic mass is 35.5. The van der Waals surface area contributed by atoms with Gasteiger partial charge in [-0.05, 0) is 56.3 Å². The van der Waals surface area contributed by atoms with Crippen molar-refractivity contribution in [3.63, 3.8) is 0 Å². The second-order valence-electron chi connectivity index (χ2n) is 4.49. The van der Waals surface area contributed by atoms with Crippen molar-refractivity contribution in [3.05, 3.63) is 53.1 Å². The highest BCUT2D eigenvalue weighted by molar-refractivity contribution is 6.32. The quantitative estimate of drug-likeness (QED) is 0.859. The number of hydrogen-bond acceptors (Lipinski definition) is 3. The minimum absolute atomic E-state index is 0.228. The summed E-state index contributed by atoms with van der Waals surface area (Å²) >= 11 is 6.09. The number of anilines is 1. The number of benzene rings is 2. The number of amides is 1. The summed E-state index contributed by atoms with van der Waals surface area (Å²) in [4.78, 5) is 12.2. The van der Waals surface area contributed by atoms with E-state index in [4.69, 9.17) is 21.1 Å². The molecule has 0 aliphatic rings. The normalized spacial score (nSPS) is 10.1. The maximum atomic E-state index is 12.2. The molecule has 0 saturated carbocycles. The molecule has 2 aromatic rings. The first-order valence-corrected chi connectivity index (χ1v) is 7.48. The SMILES string of the molecule is CCOc1ccc(NC(=O)c2ccc(OCC)c(Cl)c2)cc1. The van der Waals surface area contributed by atoms with Gasteiger partial charge in [0.05, 0.1) is 18.2 Å². The fourth-order valence-corrected chi connectivity index (χ4v) is 2.15. The zero-order valence-electron chi connectivity index (χ0n) is 12.6. The minimum Gasteiger partial charge on any atom is -0.494 e. The molecule has 116 valence electrons. The van der Waals surface area contributed by atoms with E-state index in [0.29, 0.717) is 35.2 Å². The van der Waals surface area contributed by atoms with E-state index in [9.17, 15) is 4.79 Å². The van der Waals surface area contributed by atoms with Crippen molar-refractivity contribution < 1.29 is 14.3 Å². The van der Waals surface area contributed by atoms with Crippen molar-refractivity contribution >= 4 is 23.2 Å². The smallest absolute Gasteiger partial charge is 0.255 e. The molecule has 0 bridgehead atoms. The van der Waals surface area contributed by atoms with E-state index in [1.807, 2.05) is 26.0 Å². The molecular formula is C17H18ClNO3. The minimum atomic E-state index is -0.228. The first kappa shape index (κ1) is 16.2. The Balaban J connectivity index is 2.06. The Kier molecular flexibility index (Phi) is 5.67. The molecule has 1 amide bonds. The van der Waals surface area contributed by atoms with Crippen LogP contribution < -0.4 is 14.8 Å². The molecule has 0 unspecified atom stereocenters. The van der Waals surface area contributed by atoms with Crippen LogP contribution in [0.4, 0.5) is 5.69 Å². The lowest BCUT2D eigenvalue weighted by Crippen LogP contribution is -2.11. The van der Waals surface area contributed by atoms with Gasteiger partial charge in [-0.15, -0.1) is 0 Å². The van der Waals surface area contributed by atoms with Gasteiger partial charge in [-0.2, -0.15) is 0 Å². The highest BCUT2D eigenvalue weighted by Gasteiger charge is 2.10. The molecule has 0 aromatic heterocycles. The van der Waals surface area contributed by atoms with Gasteiger partial charge >= 0.3 is 0 Å². The Labute approximate surface area is 135 Å². The third-order valence-corrected chi connectivity index (χ3v) is 3.21. The number of hydrogen-bond donors (Lipinski definition) is 1. The van der Waals surface area contributed by atoms with E-state index in [1.54, 1.807) is 30.3 Å². The molecule has 22 heavy (non-hydrogen) atoms. The Hall–Kier alpha value is -2.20. The average Bonchev–Trinajstić information content (AvgIpc) is 2.51. The van der Waals surface area contributed by atoms with Crippen LogP contribution in [0.25, 0.3) is 0 Å². The molecule has 0 spiro atoms. The number of carbonyl (C=O) groups is 1. The van der Waals surface area contributed by atoms with Gasteiger partial charge in [0.15, 0.2) is 0 Å². The lowest BCUT2D eigenvalue weighted by Gasteiger charge is -2.09. The van der Waals surface area contributed by atoms with Gasteiger partial charge in [-0.1, -0.05) is 11.6 Å². The highest BCUT2D eigenvalue weighted by Crippen LogP contribution is 2.26. The molecule has 0 aliphatic heterocycles. The second-order valence-corrected chi connectivity index (χ2v) is 4.90. The average molecular weight is 320 g/mol. The van der Waals surface area contributed by atoms with Gasteiger partial charge in [0.1, 0.15) is 11.5 Å². The molecule has 2 rings (SSSR count). The molecule has 4 nitrogen and oxygen atoms in total. The fraction of sp³-hybridized carbons (Fsp3) is 0.235. The van der Waals surface area contributed by atoms with Crippen molar-refractivity contribution in [2.24, 2.45) is 0 Å². The molecule has 0 saturated heterocycles. The first-order valence-electron chi connectivity index (χ1n) is 7.10. The van der Waals surface area contributed by atoms with Crippen molar-refractivity contribution in [3.8, 4) is 11.5 Å². The Bertz CT molecular complexity index is 641. The Morgan fingerprint density at radius 2 is 1.73 bits per heavy atom. The third-order valence-electron chi connectivity index (χ3n) is 2.92. The van der Waals surface area contributed by atoms with Gasteiger partial charge in [0.2, 0.25) is 0 Å². The number of nitrogens with one attached hydrogen (secondary N) is 1. The van der Waals surface area contributed by atoms with E-state index >= 15 is 0 Å². The summed E-state index contributed by atoms with van der Waals surface area (Å²) in [5.41, 5.74) is 1.17. The molecule has 1 N–H and O–H groups in total. The van der Waals surface area contributed by atoms with E-state index in [-0.39, 0.29) is 5.91 Å². The second kappa shape index (κ2) is 7.71. The molecule has 0 aliphatic carbocycles. The van der Waals surface area contributed by atoms with Gasteiger partial charge < -0.3 is 14.8 Å². The first-order chi connectivity index (χ1) is 10.6. The lowest BCUT2D eigenvalue weighted by molar-refractivity contribution is 0.102. The lowest BCUT2D eigenvalue weighted by atomic mass is 10.2. The third kappa shape index (κ3) is 4.15. The van der Waals surface area contributed by atoms with Crippen LogP contribution in [0.2, 0.25) is 5.02 Å². The predicted molar refractivity (Wildman–Crippen MR) is 88.2 cm³/mol. The standard InChI is InChI=1S/C17H18ClNO3/c1-3-21-14-8-6-13(7-9-14)19-17(20)12-5-10-16(22-4-2)15(18)11-12/h5-11H,3-4H2,1-2H3,(H,19,20). The molecule has 2 aromatic carbocycles. The van der Waals surface area contributed by atoms with Crippen LogP contribution in [0, 0.1) is 0 Å². The fourth-order valence-electron chi connectivity index (χ4n) is 1.92. The van der Waals surface area contributed by atoms with E-state index < -0.39 is 0 Å². The summed E-state index contributed by atoms with van der Waals surface area (Å²) in [5, 5.41) is 3.23. The molecular weight excluding hydrogens is 302 g/mol. The van der Waals surface area contributed by atoms with Crippen molar-refractivity contribution in [2.45, 2.75) is 13.8 Å². The Morgan fingerprint density at radius 1 is 1.05 bits per heavy atom. The van der Waals surface area contributed by atoms with Crippen molar-refractivity contribution in [2.75, 3.05) is 18.5 Å². The number of halogens is 1. The van der Waals surface area contributed by atoms with Crippen molar-refractivity contribution in [1.29, 1.82) is 0 Å². The molecule has 0 radical (unpaired) electrons. The van der Waals surface area contributed by atoms with Crippen LogP contribution in [0.5, 0.6) is 11.5 Å². The van der Waals surface area contributed by atoms with Crippen LogP contribution in [-0.4, -0.2) is 19.1 Å². The van der Waals surface area contributed by atoms with Gasteiger partial charge in [-0.25, -0.2) is 0 Å². The van der Waals surface area contributed by atoms with Crippen LogP contribution in [-0.2, 0) is 0 Å². The zero-order valence-corrected chi connectivity index (χ0v) is 13.3. The van der Waals surface area contributed by atoms with Crippen LogP contribution in [0.15, 0.2) is 42.5 Å². The summed E-state index contributed by atoms with van der Waals surface area (Å²) in [6.45, 7) is 4.93. The van der Waals surface area contributed by atoms with Gasteiger partial charge in [-0.3, -0.25) is 4.79 Å².